The molecule has 2 N–H and O–H groups in total. The number of methoxy groups -OCH3 is 1. The fourth-order valence-electron chi connectivity index (χ4n) is 5.36. The number of hydrogen-bond acceptors (Lipinski definition) is 6. The molecule has 5 heterocycles. The van der Waals surface area contributed by atoms with Crippen LogP contribution in [0.4, 0.5) is 14.9 Å². The highest BCUT2D eigenvalue weighted by Crippen LogP contribution is 2.38. The number of likely N-dealkylation sites (tertiary alicyclic amines) is 1. The number of anilines is 1. The highest BCUT2D eigenvalue weighted by molar-refractivity contribution is 6.07. The summed E-state index contributed by atoms with van der Waals surface area (Å²) in [5.41, 5.74) is 0.287. The van der Waals surface area contributed by atoms with Crippen LogP contribution in [0.5, 0.6) is 5.75 Å². The zero-order valence-corrected chi connectivity index (χ0v) is 19.0. The van der Waals surface area contributed by atoms with Crippen LogP contribution in [0.15, 0.2) is 18.5 Å². The largest absolute Gasteiger partial charge is 0.494 e. The highest BCUT2D eigenvalue weighted by atomic mass is 19.1. The fourth-order valence-corrected chi connectivity index (χ4v) is 5.36. The number of pyridine rings is 1. The van der Waals surface area contributed by atoms with Crippen molar-refractivity contribution >= 4 is 28.7 Å². The summed E-state index contributed by atoms with van der Waals surface area (Å²) in [7, 11) is 1.58. The molecule has 33 heavy (non-hydrogen) atoms. The molecule has 9 nitrogen and oxygen atoms in total. The predicted octanol–water partition coefficient (Wildman–Crippen LogP) is 2.22. The molecule has 0 unspecified atom stereocenters. The van der Waals surface area contributed by atoms with Gasteiger partial charge in [0.05, 0.1) is 18.7 Å². The lowest BCUT2D eigenvalue weighted by Crippen LogP contribution is -2.49. The smallest absolute Gasteiger partial charge is 0.328 e. The van der Waals surface area contributed by atoms with E-state index in [-0.39, 0.29) is 18.4 Å². The van der Waals surface area contributed by atoms with Crippen molar-refractivity contribution in [1.82, 2.24) is 25.1 Å². The molecule has 3 amide bonds. The Bertz CT molecular complexity index is 1040. The minimum atomic E-state index is -1.07. The van der Waals surface area contributed by atoms with Crippen LogP contribution in [0.2, 0.25) is 0 Å². The second kappa shape index (κ2) is 8.90. The third-order valence-electron chi connectivity index (χ3n) is 7.18. The van der Waals surface area contributed by atoms with Gasteiger partial charge in [0.15, 0.2) is 5.75 Å². The molecule has 3 saturated heterocycles. The van der Waals surface area contributed by atoms with Gasteiger partial charge in [-0.25, -0.2) is 14.2 Å². The normalized spacial score (nSPS) is 22.5. The molecule has 3 fully saturated rings. The number of hydrogen-bond donors (Lipinski definition) is 2. The topological polar surface area (TPSA) is 91.7 Å². The fraction of sp³-hybridized carbons (Fsp3) is 0.609. The molecule has 0 atom stereocenters. The van der Waals surface area contributed by atoms with Crippen LogP contribution < -0.4 is 20.3 Å². The van der Waals surface area contributed by atoms with Crippen LogP contribution in [0, 0.1) is 0 Å². The maximum Gasteiger partial charge on any atom is 0.328 e. The summed E-state index contributed by atoms with van der Waals surface area (Å²) in [5, 5.41) is 6.42. The molecule has 10 heteroatoms. The summed E-state index contributed by atoms with van der Waals surface area (Å²) in [6, 6.07) is 1.79. The quantitative estimate of drug-likeness (QED) is 0.714. The van der Waals surface area contributed by atoms with E-state index in [0.717, 1.165) is 50.1 Å². The molecule has 0 radical (unpaired) electrons. The summed E-state index contributed by atoms with van der Waals surface area (Å²) in [5.74, 6) is 0.298. The number of urea groups is 1. The van der Waals surface area contributed by atoms with Gasteiger partial charge in [0.25, 0.3) is 0 Å². The van der Waals surface area contributed by atoms with Gasteiger partial charge in [-0.1, -0.05) is 0 Å². The molecule has 0 saturated carbocycles. The molecular weight excluding hydrogens is 427 g/mol. The van der Waals surface area contributed by atoms with Crippen molar-refractivity contribution in [3.8, 4) is 5.75 Å². The number of carbonyl (C=O) groups excluding carboxylic acids is 2. The molecular formula is C23H31FN6O3. The van der Waals surface area contributed by atoms with Crippen molar-refractivity contribution in [3.63, 3.8) is 0 Å². The molecule has 0 spiro atoms. The first-order valence-corrected chi connectivity index (χ1v) is 11.7. The van der Waals surface area contributed by atoms with Crippen LogP contribution >= 0.6 is 0 Å². The predicted molar refractivity (Wildman–Crippen MR) is 122 cm³/mol. The van der Waals surface area contributed by atoms with Crippen LogP contribution in [-0.2, 0) is 4.79 Å². The van der Waals surface area contributed by atoms with Gasteiger partial charge in [0.2, 0.25) is 5.91 Å². The average molecular weight is 459 g/mol. The van der Waals surface area contributed by atoms with E-state index in [4.69, 9.17) is 4.74 Å². The molecule has 2 aromatic rings. The summed E-state index contributed by atoms with van der Waals surface area (Å²) in [6.07, 6.45) is 6.94. The molecule has 0 bridgehead atoms. The number of rotatable bonds is 5. The van der Waals surface area contributed by atoms with E-state index in [0.29, 0.717) is 37.4 Å². The first-order chi connectivity index (χ1) is 16.0. The third-order valence-corrected chi connectivity index (χ3v) is 7.18. The number of halogens is 1. The molecule has 178 valence electrons. The van der Waals surface area contributed by atoms with Gasteiger partial charge in [-0.15, -0.1) is 0 Å². The lowest BCUT2D eigenvalue weighted by Gasteiger charge is -2.39. The zero-order chi connectivity index (χ0) is 23.0. The number of nitrogens with one attached hydrogen (secondary N) is 2. The van der Waals surface area contributed by atoms with E-state index in [1.165, 1.54) is 4.90 Å². The van der Waals surface area contributed by atoms with Crippen molar-refractivity contribution in [3.05, 3.63) is 18.5 Å². The van der Waals surface area contributed by atoms with Crippen LogP contribution in [-0.4, -0.2) is 78.4 Å². The van der Waals surface area contributed by atoms with E-state index >= 15 is 4.39 Å². The minimum Gasteiger partial charge on any atom is -0.494 e. The summed E-state index contributed by atoms with van der Waals surface area (Å²) in [4.78, 5) is 32.3. The molecule has 2 aromatic heterocycles. The Balaban J connectivity index is 1.32. The zero-order valence-electron chi connectivity index (χ0n) is 19.0. The van der Waals surface area contributed by atoms with E-state index in [1.807, 2.05) is 12.3 Å². The molecule has 0 aliphatic carbocycles. The van der Waals surface area contributed by atoms with Crippen LogP contribution in [0.25, 0.3) is 11.0 Å². The van der Waals surface area contributed by atoms with E-state index in [9.17, 15) is 9.59 Å². The van der Waals surface area contributed by atoms with Crippen molar-refractivity contribution in [2.45, 2.75) is 43.8 Å². The van der Waals surface area contributed by atoms with Gasteiger partial charge in [-0.05, 0) is 44.8 Å². The maximum absolute atomic E-state index is 15.1. The Kier molecular flexibility index (Phi) is 5.96. The van der Waals surface area contributed by atoms with Gasteiger partial charge in [-0.2, -0.15) is 0 Å². The Labute approximate surface area is 192 Å². The summed E-state index contributed by atoms with van der Waals surface area (Å²) >= 11 is 0. The van der Waals surface area contributed by atoms with Gasteiger partial charge in [0, 0.05) is 44.8 Å². The van der Waals surface area contributed by atoms with E-state index in [2.05, 4.69) is 25.1 Å². The Morgan fingerprint density at radius 2 is 1.97 bits per heavy atom. The Hall–Kier alpha value is -2.72. The van der Waals surface area contributed by atoms with E-state index in [1.54, 1.807) is 13.3 Å². The van der Waals surface area contributed by atoms with Crippen LogP contribution in [0.3, 0.4) is 0 Å². The first-order valence-electron chi connectivity index (χ1n) is 11.7. The van der Waals surface area contributed by atoms with E-state index < -0.39 is 11.7 Å². The summed E-state index contributed by atoms with van der Waals surface area (Å²) in [6.45, 7) is 4.05. The molecule has 0 aromatic carbocycles. The lowest BCUT2D eigenvalue weighted by atomic mass is 9.92. The molecule has 3 aliphatic heterocycles. The highest BCUT2D eigenvalue weighted by Gasteiger charge is 2.35. The first kappa shape index (κ1) is 22.1. The number of aromatic nitrogens is 2. The molecule has 3 aliphatic rings. The van der Waals surface area contributed by atoms with Crippen LogP contribution in [0.1, 0.15) is 38.1 Å². The number of piperidine rings is 2. The lowest BCUT2D eigenvalue weighted by molar-refractivity contribution is -0.120. The van der Waals surface area contributed by atoms with Crippen molar-refractivity contribution < 1.29 is 18.7 Å². The number of carbonyl (C=O) groups is 2. The summed E-state index contributed by atoms with van der Waals surface area (Å²) < 4.78 is 23.0. The molecule has 5 rings (SSSR count). The van der Waals surface area contributed by atoms with Crippen molar-refractivity contribution in [2.24, 2.45) is 0 Å². The van der Waals surface area contributed by atoms with Crippen molar-refractivity contribution in [2.75, 3.05) is 51.3 Å². The number of alkyl halides is 1. The number of fused-ring (bicyclic) bond motifs is 1. The standard InChI is InChI=1S/C23H31FN6O3/c1-33-20-17-4-12-29(21(17)26-14-18(20)30-13-5-19(31)27-22(30)32)16-2-10-28(11-3-16)15-23(24)6-8-25-9-7-23/h4,12,14,16,25H,2-3,5-11,13,15H2,1H3,(H,27,31,32). The maximum atomic E-state index is 15.1. The Morgan fingerprint density at radius 1 is 1.21 bits per heavy atom. The van der Waals surface area contributed by atoms with Crippen molar-refractivity contribution in [1.29, 1.82) is 0 Å². The number of imide groups is 1. The van der Waals surface area contributed by atoms with Gasteiger partial charge >= 0.3 is 6.03 Å². The number of nitrogens with zero attached hydrogens (tertiary/aromatic N) is 4. The third kappa shape index (κ3) is 4.29. The minimum absolute atomic E-state index is 0.239. The number of amides is 3. The monoisotopic (exact) mass is 458 g/mol. The second-order valence-corrected chi connectivity index (χ2v) is 9.30. The van der Waals surface area contributed by atoms with Gasteiger partial charge < -0.3 is 19.5 Å². The SMILES string of the molecule is COc1c(N2CCC(=O)NC2=O)cnc2c1ccn2C1CCN(CC2(F)CCNCC2)CC1. The van der Waals surface area contributed by atoms with Gasteiger partial charge in [-0.3, -0.25) is 15.0 Å². The Morgan fingerprint density at radius 3 is 2.67 bits per heavy atom. The number of ether oxygens (including phenoxy) is 1. The van der Waals surface area contributed by atoms with Gasteiger partial charge in [0.1, 0.15) is 17.0 Å². The second-order valence-electron chi connectivity index (χ2n) is 9.30. The average Bonchev–Trinajstić information content (AvgIpc) is 3.23.